The number of amides is 2. The van der Waals surface area contributed by atoms with Crippen molar-refractivity contribution in [3.8, 4) is 29.3 Å². The summed E-state index contributed by atoms with van der Waals surface area (Å²) in [5, 5.41) is 0. The van der Waals surface area contributed by atoms with Crippen molar-refractivity contribution in [1.29, 1.82) is 0 Å². The summed E-state index contributed by atoms with van der Waals surface area (Å²) in [6, 6.07) is 11.1. The molecule has 0 spiro atoms. The van der Waals surface area contributed by atoms with Crippen LogP contribution in [0.3, 0.4) is 0 Å². The van der Waals surface area contributed by atoms with Crippen LogP contribution in [-0.2, 0) is 5.41 Å². The first-order valence-electron chi connectivity index (χ1n) is 18.3. The van der Waals surface area contributed by atoms with Crippen LogP contribution >= 0.6 is 57.1 Å². The van der Waals surface area contributed by atoms with Crippen molar-refractivity contribution in [2.75, 3.05) is 7.05 Å². The van der Waals surface area contributed by atoms with Crippen molar-refractivity contribution in [1.82, 2.24) is 9.47 Å². The molecular weight excluding hydrogens is 737 g/mol. The van der Waals surface area contributed by atoms with Gasteiger partial charge in [0.15, 0.2) is 0 Å². The van der Waals surface area contributed by atoms with E-state index < -0.39 is 0 Å². The van der Waals surface area contributed by atoms with E-state index in [9.17, 15) is 9.59 Å². The molecule has 1 unspecified atom stereocenters. The minimum Gasteiger partial charge on any atom is -0.336 e. The molecule has 52 heavy (non-hydrogen) atoms. The van der Waals surface area contributed by atoms with Gasteiger partial charge in [0.1, 0.15) is 0 Å². The van der Waals surface area contributed by atoms with E-state index in [0.717, 1.165) is 35.7 Å². The second-order valence-electron chi connectivity index (χ2n) is 16.1. The van der Waals surface area contributed by atoms with E-state index in [2.05, 4.69) is 110 Å². The van der Waals surface area contributed by atoms with E-state index in [1.165, 1.54) is 73.1 Å². The molecule has 1 aliphatic rings. The van der Waals surface area contributed by atoms with Gasteiger partial charge in [-0.1, -0.05) is 105 Å². The monoisotopic (exact) mass is 788 g/mol. The van der Waals surface area contributed by atoms with Crippen molar-refractivity contribution in [2.24, 2.45) is 5.41 Å². The fraction of sp³-hybridized carbons (Fsp3) is 0.442. The fourth-order valence-corrected chi connectivity index (χ4v) is 12.7. The van der Waals surface area contributed by atoms with Gasteiger partial charge in [-0.3, -0.25) is 14.5 Å². The summed E-state index contributed by atoms with van der Waals surface area (Å²) in [4.78, 5) is 38.2. The molecule has 5 aromatic rings. The maximum Gasteiger partial charge on any atom is 0.262 e. The maximum absolute atomic E-state index is 13.6. The number of thioether (sulfide) groups is 1. The lowest BCUT2D eigenvalue weighted by Crippen LogP contribution is -2.24. The van der Waals surface area contributed by atoms with Gasteiger partial charge in [-0.25, -0.2) is 0 Å². The molecular formula is C43H52N2O2S5. The fourth-order valence-electron chi connectivity index (χ4n) is 6.61. The SMILES string of the molecule is C=C(CCCCCCC)C(C)n1c(C)c(SC(=C)C(C)(C)C)c2sc(-c3ccc(-c4sc(-c5ccc(C(C)(C)C)s5)c5c4C(=O)N(C)C5=O)s3)cc21. The molecule has 9 heteroatoms. The summed E-state index contributed by atoms with van der Waals surface area (Å²) in [6.07, 6.45) is 7.33. The maximum atomic E-state index is 13.6. The molecule has 6 rings (SSSR count). The Morgan fingerprint density at radius 3 is 2.00 bits per heavy atom. The van der Waals surface area contributed by atoms with Gasteiger partial charge in [-0.15, -0.1) is 45.3 Å². The molecule has 0 aliphatic carbocycles. The molecule has 5 aromatic heterocycles. The van der Waals surface area contributed by atoms with Crippen LogP contribution in [0.15, 0.2) is 58.9 Å². The van der Waals surface area contributed by atoms with Gasteiger partial charge in [0.2, 0.25) is 0 Å². The highest BCUT2D eigenvalue weighted by molar-refractivity contribution is 8.03. The summed E-state index contributed by atoms with van der Waals surface area (Å²) in [5.41, 5.74) is 4.88. The highest BCUT2D eigenvalue weighted by atomic mass is 32.2. The number of hydrogen-bond donors (Lipinski definition) is 0. The van der Waals surface area contributed by atoms with Crippen LogP contribution in [0.25, 0.3) is 39.5 Å². The molecule has 0 radical (unpaired) electrons. The number of carbonyl (C=O) groups is 2. The van der Waals surface area contributed by atoms with Gasteiger partial charge in [0.05, 0.1) is 42.0 Å². The van der Waals surface area contributed by atoms with Crippen LogP contribution in [0, 0.1) is 12.3 Å². The van der Waals surface area contributed by atoms with Crippen molar-refractivity contribution in [2.45, 2.75) is 117 Å². The molecule has 0 fully saturated rings. The first-order chi connectivity index (χ1) is 24.4. The minimum atomic E-state index is -0.216. The second kappa shape index (κ2) is 14.9. The number of aromatic nitrogens is 1. The average molecular weight is 789 g/mol. The standard InChI is InChI=1S/C43H52N2O2S5/c1-13-14-15-16-17-18-24(2)25(3)45-26(4)36(48-27(5)42(6,7)8)37-28(45)23-32(51-37)29-19-20-30(49-29)38-34-35(41(47)44(12)40(34)46)39(52-38)31-21-22-33(50-31)43(9,10)11/h19-23,25H,2,5,13-18H2,1,3-4,6-12H3. The van der Waals surface area contributed by atoms with Crippen molar-refractivity contribution in [3.05, 3.63) is 75.7 Å². The Bertz CT molecular complexity index is 2180. The predicted octanol–water partition coefficient (Wildman–Crippen LogP) is 14.8. The lowest BCUT2D eigenvalue weighted by atomic mass is 9.95. The molecule has 0 aromatic carbocycles. The molecule has 0 bridgehead atoms. The van der Waals surface area contributed by atoms with E-state index in [-0.39, 0.29) is 28.7 Å². The highest BCUT2D eigenvalue weighted by Crippen LogP contribution is 2.53. The topological polar surface area (TPSA) is 42.3 Å². The number of nitrogens with zero attached hydrogens (tertiary/aromatic N) is 2. The number of fused-ring (bicyclic) bond motifs is 2. The van der Waals surface area contributed by atoms with Gasteiger partial charge in [-0.05, 0) is 72.8 Å². The van der Waals surface area contributed by atoms with Gasteiger partial charge in [-0.2, -0.15) is 0 Å². The van der Waals surface area contributed by atoms with Crippen LogP contribution in [0.1, 0.15) is 131 Å². The van der Waals surface area contributed by atoms with Gasteiger partial charge < -0.3 is 4.57 Å². The van der Waals surface area contributed by atoms with Crippen molar-refractivity contribution >= 4 is 79.1 Å². The zero-order valence-electron chi connectivity index (χ0n) is 32.4. The smallest absolute Gasteiger partial charge is 0.262 e. The summed E-state index contributed by atoms with van der Waals surface area (Å²) < 4.78 is 3.79. The van der Waals surface area contributed by atoms with Gasteiger partial charge in [0, 0.05) is 37.1 Å². The van der Waals surface area contributed by atoms with Crippen molar-refractivity contribution < 1.29 is 9.59 Å². The molecule has 276 valence electrons. The summed E-state index contributed by atoms with van der Waals surface area (Å²) in [5.74, 6) is -0.429. The van der Waals surface area contributed by atoms with Crippen LogP contribution < -0.4 is 0 Å². The average Bonchev–Trinajstić information content (AvgIpc) is 3.92. The number of imide groups is 1. The lowest BCUT2D eigenvalue weighted by Gasteiger charge is -2.22. The molecule has 1 atom stereocenters. The largest absolute Gasteiger partial charge is 0.336 e. The van der Waals surface area contributed by atoms with Crippen LogP contribution in [-0.4, -0.2) is 28.3 Å². The van der Waals surface area contributed by atoms with Crippen molar-refractivity contribution in [3.63, 3.8) is 0 Å². The number of carbonyl (C=O) groups excluding carboxylic acids is 2. The Morgan fingerprint density at radius 1 is 0.808 bits per heavy atom. The Kier molecular flexibility index (Phi) is 11.1. The van der Waals surface area contributed by atoms with Gasteiger partial charge >= 0.3 is 0 Å². The Morgan fingerprint density at radius 2 is 1.40 bits per heavy atom. The molecule has 2 amide bonds. The first kappa shape index (κ1) is 39.0. The number of hydrogen-bond acceptors (Lipinski definition) is 7. The lowest BCUT2D eigenvalue weighted by molar-refractivity contribution is 0.0693. The summed E-state index contributed by atoms with van der Waals surface area (Å²) in [6.45, 7) is 29.2. The molecule has 6 heterocycles. The van der Waals surface area contributed by atoms with Gasteiger partial charge in [0.25, 0.3) is 11.8 Å². The molecule has 1 aliphatic heterocycles. The highest BCUT2D eigenvalue weighted by Gasteiger charge is 2.41. The summed E-state index contributed by atoms with van der Waals surface area (Å²) in [7, 11) is 1.60. The normalized spacial score (nSPS) is 14.2. The number of unbranched alkanes of at least 4 members (excludes halogenated alkanes) is 4. The van der Waals surface area contributed by atoms with Crippen LogP contribution in [0.5, 0.6) is 0 Å². The number of allylic oxidation sites excluding steroid dienone is 2. The third-order valence-electron chi connectivity index (χ3n) is 10.1. The van der Waals surface area contributed by atoms with E-state index in [4.69, 9.17) is 0 Å². The Balaban J connectivity index is 1.40. The molecule has 0 saturated heterocycles. The Labute approximate surface area is 330 Å². The van der Waals surface area contributed by atoms with E-state index in [1.807, 2.05) is 23.1 Å². The first-order valence-corrected chi connectivity index (χ1v) is 22.4. The number of rotatable bonds is 13. The quantitative estimate of drug-likeness (QED) is 0.0516. The number of thiophene rings is 4. The third kappa shape index (κ3) is 7.25. The Hall–Kier alpha value is -2.69. The van der Waals surface area contributed by atoms with E-state index >= 15 is 0 Å². The molecule has 0 saturated carbocycles. The zero-order valence-corrected chi connectivity index (χ0v) is 36.5. The molecule has 0 N–H and O–H groups in total. The van der Waals surface area contributed by atoms with Crippen LogP contribution in [0.4, 0.5) is 0 Å². The zero-order chi connectivity index (χ0) is 37.9. The molecule has 4 nitrogen and oxygen atoms in total. The predicted molar refractivity (Wildman–Crippen MR) is 231 cm³/mol. The third-order valence-corrected chi connectivity index (χ3v) is 17.3. The summed E-state index contributed by atoms with van der Waals surface area (Å²) >= 11 is 8.64. The van der Waals surface area contributed by atoms with E-state index in [1.54, 1.807) is 41.1 Å². The minimum absolute atomic E-state index is 0.00733. The van der Waals surface area contributed by atoms with Crippen LogP contribution in [0.2, 0.25) is 0 Å². The second-order valence-corrected chi connectivity index (χ2v) is 21.5. The van der Waals surface area contributed by atoms with E-state index in [0.29, 0.717) is 11.1 Å².